The van der Waals surface area contributed by atoms with Crippen molar-refractivity contribution in [2.75, 3.05) is 11.4 Å². The Labute approximate surface area is 156 Å². The van der Waals surface area contributed by atoms with Crippen LogP contribution in [0.3, 0.4) is 0 Å². The van der Waals surface area contributed by atoms with E-state index >= 15 is 0 Å². The van der Waals surface area contributed by atoms with Crippen LogP contribution in [0.5, 0.6) is 0 Å². The highest BCUT2D eigenvalue weighted by atomic mass is 32.1. The molecule has 0 amide bonds. The van der Waals surface area contributed by atoms with Crippen molar-refractivity contribution < 1.29 is 14.3 Å². The van der Waals surface area contributed by atoms with Gasteiger partial charge in [0.15, 0.2) is 5.13 Å². The molecule has 3 aromatic rings. The van der Waals surface area contributed by atoms with E-state index in [0.29, 0.717) is 19.0 Å². The minimum atomic E-state index is -0.824. The van der Waals surface area contributed by atoms with Gasteiger partial charge in [-0.05, 0) is 23.6 Å². The summed E-state index contributed by atoms with van der Waals surface area (Å²) in [5.74, 6) is 0.457. The van der Waals surface area contributed by atoms with Crippen LogP contribution < -0.4 is 4.90 Å². The van der Waals surface area contributed by atoms with Crippen LogP contribution in [0.1, 0.15) is 37.5 Å². The van der Waals surface area contributed by atoms with Crippen LogP contribution in [-0.2, 0) is 11.3 Å². The molecule has 0 saturated heterocycles. The molecular formula is C20H22N2O3S. The molecule has 1 aromatic carbocycles. The van der Waals surface area contributed by atoms with Crippen molar-refractivity contribution in [1.82, 2.24) is 4.98 Å². The second kappa shape index (κ2) is 8.19. The van der Waals surface area contributed by atoms with E-state index in [2.05, 4.69) is 38.1 Å². The summed E-state index contributed by atoms with van der Waals surface area (Å²) in [6, 6.07) is 12.1. The molecular weight excluding hydrogens is 348 g/mol. The maximum absolute atomic E-state index is 11.0. The largest absolute Gasteiger partial charge is 0.481 e. The maximum Gasteiger partial charge on any atom is 0.305 e. The molecule has 0 fully saturated rings. The van der Waals surface area contributed by atoms with Gasteiger partial charge in [-0.3, -0.25) is 4.79 Å². The molecule has 5 nitrogen and oxygen atoms in total. The second-order valence-corrected chi connectivity index (χ2v) is 7.27. The third kappa shape index (κ3) is 4.52. The Morgan fingerprint density at radius 3 is 2.65 bits per heavy atom. The van der Waals surface area contributed by atoms with Gasteiger partial charge in [-0.15, -0.1) is 11.3 Å². The van der Waals surface area contributed by atoms with Crippen LogP contribution in [0.15, 0.2) is 52.5 Å². The summed E-state index contributed by atoms with van der Waals surface area (Å²) < 4.78 is 5.41. The second-order valence-electron chi connectivity index (χ2n) is 6.44. The van der Waals surface area contributed by atoms with Crippen molar-refractivity contribution in [3.05, 3.63) is 59.4 Å². The van der Waals surface area contributed by atoms with E-state index in [1.54, 1.807) is 6.26 Å². The number of anilines is 1. The van der Waals surface area contributed by atoms with E-state index in [1.807, 2.05) is 22.4 Å². The first-order valence-electron chi connectivity index (χ1n) is 8.58. The molecule has 26 heavy (non-hydrogen) atoms. The third-order valence-corrected chi connectivity index (χ3v) is 5.06. The van der Waals surface area contributed by atoms with Gasteiger partial charge in [0.1, 0.15) is 5.76 Å². The molecule has 0 spiro atoms. The zero-order valence-corrected chi connectivity index (χ0v) is 15.7. The fourth-order valence-electron chi connectivity index (χ4n) is 2.64. The van der Waals surface area contributed by atoms with Crippen LogP contribution >= 0.6 is 11.3 Å². The number of carboxylic acid groups (broad SMARTS) is 1. The van der Waals surface area contributed by atoms with Crippen molar-refractivity contribution in [1.29, 1.82) is 0 Å². The van der Waals surface area contributed by atoms with E-state index in [0.717, 1.165) is 22.1 Å². The fraction of sp³-hybridized carbons (Fsp3) is 0.300. The monoisotopic (exact) mass is 370 g/mol. The Bertz CT molecular complexity index is 838. The average Bonchev–Trinajstić information content (AvgIpc) is 3.30. The number of aromatic nitrogens is 1. The lowest BCUT2D eigenvalue weighted by atomic mass is 10.0. The van der Waals surface area contributed by atoms with Crippen molar-refractivity contribution in [3.63, 3.8) is 0 Å². The highest BCUT2D eigenvalue weighted by Gasteiger charge is 2.15. The molecule has 0 atom stereocenters. The number of aliphatic carboxylic acids is 1. The molecule has 0 bridgehead atoms. The first-order valence-corrected chi connectivity index (χ1v) is 9.46. The molecule has 1 N–H and O–H groups in total. The molecule has 0 unspecified atom stereocenters. The van der Waals surface area contributed by atoms with Gasteiger partial charge in [-0.2, -0.15) is 0 Å². The Balaban J connectivity index is 1.80. The summed E-state index contributed by atoms with van der Waals surface area (Å²) >= 11 is 1.52. The number of hydrogen-bond acceptors (Lipinski definition) is 5. The van der Waals surface area contributed by atoms with Gasteiger partial charge in [0.25, 0.3) is 0 Å². The van der Waals surface area contributed by atoms with Crippen LogP contribution in [-0.4, -0.2) is 22.6 Å². The van der Waals surface area contributed by atoms with Gasteiger partial charge in [0.05, 0.1) is 24.9 Å². The Morgan fingerprint density at radius 2 is 2.04 bits per heavy atom. The molecule has 2 heterocycles. The predicted molar refractivity (Wildman–Crippen MR) is 104 cm³/mol. The summed E-state index contributed by atoms with van der Waals surface area (Å²) in [5.41, 5.74) is 3.26. The number of nitrogens with zero attached hydrogens (tertiary/aromatic N) is 2. The van der Waals surface area contributed by atoms with E-state index in [1.165, 1.54) is 16.9 Å². The highest BCUT2D eigenvalue weighted by Crippen LogP contribution is 2.29. The zero-order valence-electron chi connectivity index (χ0n) is 14.9. The maximum atomic E-state index is 11.0. The number of benzene rings is 1. The smallest absolute Gasteiger partial charge is 0.305 e. The molecule has 0 aliphatic heterocycles. The highest BCUT2D eigenvalue weighted by molar-refractivity contribution is 7.14. The lowest BCUT2D eigenvalue weighted by molar-refractivity contribution is -0.136. The van der Waals surface area contributed by atoms with Crippen LogP contribution in [0.25, 0.3) is 11.3 Å². The Morgan fingerprint density at radius 1 is 1.27 bits per heavy atom. The Hall–Kier alpha value is -2.60. The standard InChI is InChI=1S/C20H22N2O3S/c1-14(2)15-5-7-16(8-6-15)18-13-26-20(21-18)22(10-9-19(23)24)12-17-4-3-11-25-17/h3-8,11,13-14H,9-10,12H2,1-2H3,(H,23,24). The molecule has 6 heteroatoms. The summed E-state index contributed by atoms with van der Waals surface area (Å²) in [6.45, 7) is 5.23. The average molecular weight is 370 g/mol. The van der Waals surface area contributed by atoms with Gasteiger partial charge in [-0.1, -0.05) is 38.1 Å². The topological polar surface area (TPSA) is 66.6 Å². The third-order valence-electron chi connectivity index (χ3n) is 4.16. The molecule has 2 aromatic heterocycles. The molecule has 0 aliphatic carbocycles. The molecule has 0 saturated carbocycles. The summed E-state index contributed by atoms with van der Waals surface area (Å²) in [6.07, 6.45) is 1.67. The van der Waals surface area contributed by atoms with Crippen molar-refractivity contribution >= 4 is 22.4 Å². The predicted octanol–water partition coefficient (Wildman–Crippen LogP) is 5.01. The first-order chi connectivity index (χ1) is 12.5. The van der Waals surface area contributed by atoms with Gasteiger partial charge in [0.2, 0.25) is 0 Å². The van der Waals surface area contributed by atoms with Gasteiger partial charge < -0.3 is 14.4 Å². The number of furan rings is 1. The van der Waals surface area contributed by atoms with Crippen molar-refractivity contribution in [2.24, 2.45) is 0 Å². The number of carboxylic acids is 1. The quantitative estimate of drug-likeness (QED) is 0.604. The van der Waals surface area contributed by atoms with Gasteiger partial charge in [-0.25, -0.2) is 4.98 Å². The number of carbonyl (C=O) groups is 1. The summed E-state index contributed by atoms with van der Waals surface area (Å²) in [7, 11) is 0. The normalized spacial score (nSPS) is 11.0. The lowest BCUT2D eigenvalue weighted by Gasteiger charge is -2.19. The molecule has 0 aliphatic rings. The van der Waals surface area contributed by atoms with Gasteiger partial charge >= 0.3 is 5.97 Å². The summed E-state index contributed by atoms with van der Waals surface area (Å²) in [5, 5.41) is 11.8. The van der Waals surface area contributed by atoms with E-state index < -0.39 is 5.97 Å². The van der Waals surface area contributed by atoms with Crippen molar-refractivity contribution in [3.8, 4) is 11.3 Å². The SMILES string of the molecule is CC(C)c1ccc(-c2csc(N(CCC(=O)O)Cc3ccco3)n2)cc1. The van der Waals surface area contributed by atoms with Crippen LogP contribution in [0.4, 0.5) is 5.13 Å². The Kier molecular flexibility index (Phi) is 5.73. The van der Waals surface area contributed by atoms with Crippen molar-refractivity contribution in [2.45, 2.75) is 32.7 Å². The van der Waals surface area contributed by atoms with Gasteiger partial charge in [0, 0.05) is 17.5 Å². The minimum absolute atomic E-state index is 0.0543. The molecule has 3 rings (SSSR count). The van der Waals surface area contributed by atoms with Crippen LogP contribution in [0, 0.1) is 0 Å². The fourth-order valence-corrected chi connectivity index (χ4v) is 3.51. The molecule has 0 radical (unpaired) electrons. The first kappa shape index (κ1) is 18.2. The zero-order chi connectivity index (χ0) is 18.5. The number of hydrogen-bond donors (Lipinski definition) is 1. The van der Waals surface area contributed by atoms with Crippen LogP contribution in [0.2, 0.25) is 0 Å². The lowest BCUT2D eigenvalue weighted by Crippen LogP contribution is -2.25. The minimum Gasteiger partial charge on any atom is -0.481 e. The van der Waals surface area contributed by atoms with E-state index in [-0.39, 0.29) is 6.42 Å². The van der Waals surface area contributed by atoms with E-state index in [4.69, 9.17) is 14.5 Å². The number of rotatable bonds is 8. The van der Waals surface area contributed by atoms with E-state index in [9.17, 15) is 4.79 Å². The molecule has 136 valence electrons. The number of thiazole rings is 1. The summed E-state index contributed by atoms with van der Waals surface area (Å²) in [4.78, 5) is 17.7.